The minimum Gasteiger partial charge on any atom is -0.395 e. The van der Waals surface area contributed by atoms with Crippen molar-refractivity contribution < 1.29 is 5.11 Å². The molecule has 0 saturated carbocycles. The van der Waals surface area contributed by atoms with Crippen LogP contribution in [-0.2, 0) is 0 Å². The van der Waals surface area contributed by atoms with Crippen molar-refractivity contribution in [3.05, 3.63) is 42.0 Å². The number of aromatic nitrogens is 4. The molecule has 130 valence electrons. The minimum atomic E-state index is 0.213. The number of fused-ring (bicyclic) bond motifs is 1. The van der Waals surface area contributed by atoms with Crippen LogP contribution in [0.25, 0.3) is 17.0 Å². The summed E-state index contributed by atoms with van der Waals surface area (Å²) >= 11 is 0. The molecule has 1 aromatic carbocycles. The van der Waals surface area contributed by atoms with Crippen molar-refractivity contribution in [3.8, 4) is 11.4 Å². The first-order chi connectivity index (χ1) is 12.2. The molecule has 1 aliphatic heterocycles. The van der Waals surface area contributed by atoms with Crippen LogP contribution in [0.4, 0.5) is 5.82 Å². The maximum absolute atomic E-state index is 9.07. The van der Waals surface area contributed by atoms with Gasteiger partial charge in [0.25, 0.3) is 0 Å². The Balaban J connectivity index is 1.62. The van der Waals surface area contributed by atoms with Crippen LogP contribution in [-0.4, -0.2) is 69.1 Å². The summed E-state index contributed by atoms with van der Waals surface area (Å²) in [5, 5.41) is 22.4. The van der Waals surface area contributed by atoms with Crippen LogP contribution < -0.4 is 4.90 Å². The lowest BCUT2D eigenvalue weighted by molar-refractivity contribution is 0.188. The monoisotopic (exact) mass is 338 g/mol. The zero-order chi connectivity index (χ0) is 17.2. The maximum atomic E-state index is 9.07. The highest BCUT2D eigenvalue weighted by Crippen LogP contribution is 2.20. The van der Waals surface area contributed by atoms with Crippen LogP contribution in [0, 0.1) is 6.92 Å². The summed E-state index contributed by atoms with van der Waals surface area (Å²) in [6.07, 6.45) is 0. The summed E-state index contributed by atoms with van der Waals surface area (Å²) in [6, 6.07) is 12.2. The van der Waals surface area contributed by atoms with E-state index >= 15 is 0 Å². The number of β-amino-alcohol motifs (C(OH)–C–C–N with tert-alkyl or cyclic N) is 1. The van der Waals surface area contributed by atoms with Crippen molar-refractivity contribution in [2.45, 2.75) is 6.92 Å². The third-order valence-corrected chi connectivity index (χ3v) is 4.67. The number of aryl methyl sites for hydroxylation is 1. The first-order valence-electron chi connectivity index (χ1n) is 8.62. The number of hydrogen-bond acceptors (Lipinski definition) is 6. The van der Waals surface area contributed by atoms with Crippen molar-refractivity contribution in [3.63, 3.8) is 0 Å². The average molecular weight is 338 g/mol. The minimum absolute atomic E-state index is 0.213. The van der Waals surface area contributed by atoms with E-state index in [1.165, 1.54) is 5.56 Å². The molecule has 3 aromatic rings. The van der Waals surface area contributed by atoms with Crippen LogP contribution in [0.1, 0.15) is 5.56 Å². The molecule has 4 rings (SSSR count). The van der Waals surface area contributed by atoms with Crippen molar-refractivity contribution in [2.24, 2.45) is 0 Å². The molecule has 2 aromatic heterocycles. The van der Waals surface area contributed by atoms with E-state index in [0.717, 1.165) is 55.6 Å². The number of anilines is 1. The Morgan fingerprint density at radius 1 is 0.960 bits per heavy atom. The quantitative estimate of drug-likeness (QED) is 0.771. The van der Waals surface area contributed by atoms with Gasteiger partial charge in [0, 0.05) is 38.3 Å². The van der Waals surface area contributed by atoms with Gasteiger partial charge in [0.05, 0.1) is 6.61 Å². The fourth-order valence-electron chi connectivity index (χ4n) is 3.17. The molecule has 0 atom stereocenters. The second-order valence-corrected chi connectivity index (χ2v) is 6.40. The first kappa shape index (κ1) is 16.0. The lowest BCUT2D eigenvalue weighted by Crippen LogP contribution is -2.47. The van der Waals surface area contributed by atoms with E-state index in [4.69, 9.17) is 10.2 Å². The summed E-state index contributed by atoms with van der Waals surface area (Å²) in [4.78, 5) is 4.54. The highest BCUT2D eigenvalue weighted by Gasteiger charge is 2.19. The Morgan fingerprint density at radius 3 is 2.44 bits per heavy atom. The predicted octanol–water partition coefficient (Wildman–Crippen LogP) is 1.21. The van der Waals surface area contributed by atoms with Crippen molar-refractivity contribution >= 4 is 11.5 Å². The van der Waals surface area contributed by atoms with Gasteiger partial charge in [-0.2, -0.15) is 4.52 Å². The molecule has 7 nitrogen and oxygen atoms in total. The summed E-state index contributed by atoms with van der Waals surface area (Å²) in [6.45, 7) is 6.70. The molecule has 3 heterocycles. The standard InChI is InChI=1S/C18H22N6O/c1-14-2-4-15(5-3-14)18-20-19-16-6-7-17(21-24(16)18)23-10-8-22(9-11-23)12-13-25/h2-7,25H,8-13H2,1H3. The van der Waals surface area contributed by atoms with Crippen molar-refractivity contribution in [1.29, 1.82) is 0 Å². The topological polar surface area (TPSA) is 69.8 Å². The number of benzene rings is 1. The molecule has 25 heavy (non-hydrogen) atoms. The van der Waals surface area contributed by atoms with E-state index in [1.807, 2.05) is 28.8 Å². The van der Waals surface area contributed by atoms with Crippen LogP contribution in [0.15, 0.2) is 36.4 Å². The molecule has 1 aliphatic rings. The normalized spacial score (nSPS) is 15.8. The van der Waals surface area contributed by atoms with Gasteiger partial charge in [0.1, 0.15) is 5.82 Å². The largest absolute Gasteiger partial charge is 0.395 e. The molecule has 0 bridgehead atoms. The Kier molecular flexibility index (Phi) is 4.33. The lowest BCUT2D eigenvalue weighted by atomic mass is 10.1. The van der Waals surface area contributed by atoms with Gasteiger partial charge in [-0.3, -0.25) is 4.90 Å². The summed E-state index contributed by atoms with van der Waals surface area (Å²) < 4.78 is 1.82. The number of aliphatic hydroxyl groups is 1. The molecule has 0 aliphatic carbocycles. The van der Waals surface area contributed by atoms with Gasteiger partial charge in [0.15, 0.2) is 11.5 Å². The highest BCUT2D eigenvalue weighted by molar-refractivity contribution is 5.60. The second kappa shape index (κ2) is 6.78. The van der Waals surface area contributed by atoms with Crippen LogP contribution in [0.3, 0.4) is 0 Å². The molecule has 1 saturated heterocycles. The number of rotatable bonds is 4. The molecule has 0 amide bonds. The van der Waals surface area contributed by atoms with Gasteiger partial charge in [-0.15, -0.1) is 15.3 Å². The Bertz CT molecular complexity index is 852. The van der Waals surface area contributed by atoms with E-state index < -0.39 is 0 Å². The smallest absolute Gasteiger partial charge is 0.185 e. The average Bonchev–Trinajstić information content (AvgIpc) is 3.06. The fourth-order valence-corrected chi connectivity index (χ4v) is 3.17. The number of hydrogen-bond donors (Lipinski definition) is 1. The van der Waals surface area contributed by atoms with E-state index in [9.17, 15) is 0 Å². The first-order valence-corrected chi connectivity index (χ1v) is 8.62. The Labute approximate surface area is 146 Å². The molecule has 1 N–H and O–H groups in total. The van der Waals surface area contributed by atoms with Gasteiger partial charge >= 0.3 is 0 Å². The van der Waals surface area contributed by atoms with Crippen LogP contribution in [0.5, 0.6) is 0 Å². The third kappa shape index (κ3) is 3.20. The van der Waals surface area contributed by atoms with Gasteiger partial charge < -0.3 is 10.0 Å². The Morgan fingerprint density at radius 2 is 1.72 bits per heavy atom. The molecule has 0 radical (unpaired) electrons. The van der Waals surface area contributed by atoms with E-state index in [-0.39, 0.29) is 6.61 Å². The Hall–Kier alpha value is -2.51. The molecular weight excluding hydrogens is 316 g/mol. The molecule has 1 fully saturated rings. The third-order valence-electron chi connectivity index (χ3n) is 4.67. The van der Waals surface area contributed by atoms with Crippen LogP contribution in [0.2, 0.25) is 0 Å². The zero-order valence-electron chi connectivity index (χ0n) is 14.3. The highest BCUT2D eigenvalue weighted by atomic mass is 16.3. The maximum Gasteiger partial charge on any atom is 0.185 e. The SMILES string of the molecule is Cc1ccc(-c2nnc3ccc(N4CCN(CCO)CC4)nn23)cc1. The van der Waals surface area contributed by atoms with Crippen LogP contribution >= 0.6 is 0 Å². The summed E-state index contributed by atoms with van der Waals surface area (Å²) in [7, 11) is 0. The van der Waals surface area contributed by atoms with Gasteiger partial charge in [-0.25, -0.2) is 0 Å². The summed E-state index contributed by atoms with van der Waals surface area (Å²) in [5.41, 5.74) is 2.97. The van der Waals surface area contributed by atoms with E-state index in [2.05, 4.69) is 39.1 Å². The number of piperazine rings is 1. The zero-order valence-corrected chi connectivity index (χ0v) is 14.3. The molecule has 7 heteroatoms. The number of nitrogens with zero attached hydrogens (tertiary/aromatic N) is 6. The number of aliphatic hydroxyl groups excluding tert-OH is 1. The predicted molar refractivity (Wildman–Crippen MR) is 96.7 cm³/mol. The van der Waals surface area contributed by atoms with Gasteiger partial charge in [-0.05, 0) is 19.1 Å². The molecule has 0 spiro atoms. The summed E-state index contributed by atoms with van der Waals surface area (Å²) in [5.74, 6) is 1.69. The second-order valence-electron chi connectivity index (χ2n) is 6.40. The fraction of sp³-hybridized carbons (Fsp3) is 0.389. The van der Waals surface area contributed by atoms with E-state index in [0.29, 0.717) is 0 Å². The van der Waals surface area contributed by atoms with Crippen molar-refractivity contribution in [1.82, 2.24) is 24.7 Å². The molecule has 0 unspecified atom stereocenters. The molecular formula is C18H22N6O. The van der Waals surface area contributed by atoms with Crippen molar-refractivity contribution in [2.75, 3.05) is 44.2 Å². The van der Waals surface area contributed by atoms with Gasteiger partial charge in [0.2, 0.25) is 0 Å². The van der Waals surface area contributed by atoms with Gasteiger partial charge in [-0.1, -0.05) is 29.8 Å². The van der Waals surface area contributed by atoms with E-state index in [1.54, 1.807) is 0 Å². The lowest BCUT2D eigenvalue weighted by Gasteiger charge is -2.34.